The lowest BCUT2D eigenvalue weighted by atomic mass is 10.2. The van der Waals surface area contributed by atoms with Gasteiger partial charge in [-0.1, -0.05) is 0 Å². The summed E-state index contributed by atoms with van der Waals surface area (Å²) in [7, 11) is 0. The van der Waals surface area contributed by atoms with Crippen molar-refractivity contribution >= 4 is 11.4 Å². The maximum absolute atomic E-state index is 10.7. The molecule has 0 amide bonds. The molecule has 0 unspecified atom stereocenters. The van der Waals surface area contributed by atoms with Gasteiger partial charge in [-0.2, -0.15) is 10.5 Å². The first-order chi connectivity index (χ1) is 8.08. The zero-order chi connectivity index (χ0) is 12.8. The summed E-state index contributed by atoms with van der Waals surface area (Å²) in [6.45, 7) is 0. The molecular weight excluding hydrogens is 224 g/mol. The van der Waals surface area contributed by atoms with Crippen LogP contribution >= 0.6 is 0 Å². The topological polar surface area (TPSA) is 123 Å². The fourth-order valence-corrected chi connectivity index (χ4v) is 1.03. The highest BCUT2D eigenvalue weighted by atomic mass is 16.6. The Morgan fingerprint density at radius 3 is 2.65 bits per heavy atom. The van der Waals surface area contributed by atoms with Gasteiger partial charge in [0.1, 0.15) is 29.1 Å². The van der Waals surface area contributed by atoms with E-state index in [4.69, 9.17) is 15.6 Å². The highest BCUT2D eigenvalue weighted by Crippen LogP contribution is 2.28. The van der Waals surface area contributed by atoms with Gasteiger partial charge in [-0.25, -0.2) is 0 Å². The van der Waals surface area contributed by atoms with Crippen LogP contribution in [0.25, 0.3) is 0 Å². The van der Waals surface area contributed by atoms with Crippen molar-refractivity contribution in [1.29, 1.82) is 10.5 Å². The Labute approximate surface area is 96.0 Å². The predicted molar refractivity (Wildman–Crippen MR) is 57.7 cm³/mol. The van der Waals surface area contributed by atoms with E-state index in [-0.39, 0.29) is 22.7 Å². The summed E-state index contributed by atoms with van der Waals surface area (Å²) in [5.74, 6) is -0.244. The molecule has 1 aromatic carbocycles. The fraction of sp³-hybridized carbons (Fsp3) is 0. The summed E-state index contributed by atoms with van der Waals surface area (Å²) < 4.78 is 0. The van der Waals surface area contributed by atoms with Crippen molar-refractivity contribution in [3.63, 3.8) is 0 Å². The van der Waals surface area contributed by atoms with Crippen LogP contribution in [0.3, 0.4) is 0 Å². The maximum Gasteiger partial charge on any atom is 0.296 e. The van der Waals surface area contributed by atoms with Crippen LogP contribution in [0.2, 0.25) is 0 Å². The number of phenols is 1. The Kier molecular flexibility index (Phi) is 3.63. The summed E-state index contributed by atoms with van der Waals surface area (Å²) in [6, 6.07) is 6.69. The van der Waals surface area contributed by atoms with E-state index < -0.39 is 4.92 Å². The molecule has 0 saturated carbocycles. The van der Waals surface area contributed by atoms with Gasteiger partial charge >= 0.3 is 0 Å². The van der Waals surface area contributed by atoms with Crippen LogP contribution in [-0.4, -0.2) is 10.0 Å². The Hall–Kier alpha value is -3.06. The third kappa shape index (κ3) is 2.94. The summed E-state index contributed by atoms with van der Waals surface area (Å²) in [4.78, 5) is 9.98. The molecule has 7 heteroatoms. The monoisotopic (exact) mass is 230 g/mol. The number of nitrogens with zero attached hydrogens (tertiary/aromatic N) is 3. The van der Waals surface area contributed by atoms with Crippen LogP contribution in [0, 0.1) is 32.8 Å². The van der Waals surface area contributed by atoms with Gasteiger partial charge in [0.2, 0.25) is 0 Å². The Balaban J connectivity index is 3.09. The first-order valence-electron chi connectivity index (χ1n) is 4.32. The number of nitrogens with one attached hydrogen (secondary N) is 1. The lowest BCUT2D eigenvalue weighted by molar-refractivity contribution is -0.384. The van der Waals surface area contributed by atoms with Crippen molar-refractivity contribution in [2.45, 2.75) is 0 Å². The minimum Gasteiger partial charge on any atom is -0.508 e. The van der Waals surface area contributed by atoms with Crippen LogP contribution in [-0.2, 0) is 0 Å². The molecule has 7 nitrogen and oxygen atoms in total. The van der Waals surface area contributed by atoms with E-state index in [1.165, 1.54) is 12.1 Å². The van der Waals surface area contributed by atoms with Crippen molar-refractivity contribution in [2.24, 2.45) is 0 Å². The van der Waals surface area contributed by atoms with Gasteiger partial charge in [0.05, 0.1) is 11.0 Å². The molecule has 1 aromatic rings. The van der Waals surface area contributed by atoms with Gasteiger partial charge in [-0.3, -0.25) is 10.1 Å². The molecule has 0 fully saturated rings. The first-order valence-corrected chi connectivity index (χ1v) is 4.32. The average molecular weight is 230 g/mol. The number of hydrogen-bond acceptors (Lipinski definition) is 6. The second-order valence-electron chi connectivity index (χ2n) is 2.88. The SMILES string of the molecule is N#CC(C#N)=CNc1ccc(O)cc1[N+](=O)[O-]. The third-order valence-corrected chi connectivity index (χ3v) is 1.79. The number of nitro groups is 1. The molecule has 1 rings (SSSR count). The fourth-order valence-electron chi connectivity index (χ4n) is 1.03. The number of phenolic OH excluding ortho intramolecular Hbond substituents is 1. The predicted octanol–water partition coefficient (Wildman–Crippen LogP) is 1.64. The number of nitro benzene ring substituents is 1. The van der Waals surface area contributed by atoms with Crippen LogP contribution < -0.4 is 5.32 Å². The largest absolute Gasteiger partial charge is 0.508 e. The van der Waals surface area contributed by atoms with Crippen molar-refractivity contribution in [1.82, 2.24) is 0 Å². The molecular formula is C10H6N4O3. The average Bonchev–Trinajstić information content (AvgIpc) is 2.31. The van der Waals surface area contributed by atoms with E-state index in [0.717, 1.165) is 12.3 Å². The number of allylic oxidation sites excluding steroid dienone is 1. The molecule has 0 aromatic heterocycles. The van der Waals surface area contributed by atoms with Crippen LogP contribution in [0.5, 0.6) is 5.75 Å². The summed E-state index contributed by atoms with van der Waals surface area (Å²) in [5, 5.41) is 39.2. The number of nitriles is 2. The molecule has 2 N–H and O–H groups in total. The number of anilines is 1. The minimum atomic E-state index is -0.686. The standard InChI is InChI=1S/C10H6N4O3/c11-4-7(5-12)6-13-9-2-1-8(15)3-10(9)14(16)17/h1-3,6,13,15H. The smallest absolute Gasteiger partial charge is 0.296 e. The van der Waals surface area contributed by atoms with Gasteiger partial charge < -0.3 is 10.4 Å². The number of hydrogen-bond donors (Lipinski definition) is 2. The molecule has 0 aliphatic rings. The second-order valence-corrected chi connectivity index (χ2v) is 2.88. The number of benzene rings is 1. The number of rotatable bonds is 3. The van der Waals surface area contributed by atoms with Gasteiger partial charge in [0.25, 0.3) is 5.69 Å². The normalized spacial score (nSPS) is 8.59. The van der Waals surface area contributed by atoms with Crippen LogP contribution in [0.4, 0.5) is 11.4 Å². The minimum absolute atomic E-state index is 0.0794. The molecule has 0 radical (unpaired) electrons. The first kappa shape index (κ1) is 12.0. The second kappa shape index (κ2) is 5.14. The maximum atomic E-state index is 10.7. The molecule has 0 aliphatic carbocycles. The molecule has 0 saturated heterocycles. The van der Waals surface area contributed by atoms with E-state index >= 15 is 0 Å². The Bertz CT molecular complexity index is 550. The van der Waals surface area contributed by atoms with Gasteiger partial charge in [-0.05, 0) is 12.1 Å². The van der Waals surface area contributed by atoms with Crippen LogP contribution in [0.1, 0.15) is 0 Å². The van der Waals surface area contributed by atoms with E-state index in [0.29, 0.717) is 0 Å². The Morgan fingerprint density at radius 1 is 1.47 bits per heavy atom. The van der Waals surface area contributed by atoms with E-state index in [9.17, 15) is 10.1 Å². The highest BCUT2D eigenvalue weighted by molar-refractivity contribution is 5.65. The Morgan fingerprint density at radius 2 is 2.12 bits per heavy atom. The zero-order valence-electron chi connectivity index (χ0n) is 8.41. The molecule has 84 valence electrons. The molecule has 0 aliphatic heterocycles. The van der Waals surface area contributed by atoms with Crippen molar-refractivity contribution < 1.29 is 10.0 Å². The lowest BCUT2D eigenvalue weighted by Gasteiger charge is -2.02. The summed E-state index contributed by atoms with van der Waals surface area (Å²) >= 11 is 0. The van der Waals surface area contributed by atoms with Gasteiger partial charge in [-0.15, -0.1) is 0 Å². The van der Waals surface area contributed by atoms with Crippen molar-refractivity contribution in [2.75, 3.05) is 5.32 Å². The molecule has 0 spiro atoms. The zero-order valence-corrected chi connectivity index (χ0v) is 8.41. The van der Waals surface area contributed by atoms with Gasteiger partial charge in [0, 0.05) is 6.20 Å². The summed E-state index contributed by atoms with van der Waals surface area (Å²) in [6.07, 6.45) is 1.05. The molecule has 17 heavy (non-hydrogen) atoms. The summed E-state index contributed by atoms with van der Waals surface area (Å²) in [5.41, 5.74) is -0.486. The van der Waals surface area contributed by atoms with Crippen LogP contribution in [0.15, 0.2) is 30.0 Å². The lowest BCUT2D eigenvalue weighted by Crippen LogP contribution is -1.96. The number of aromatic hydroxyl groups is 1. The molecule has 0 heterocycles. The van der Waals surface area contributed by atoms with E-state index in [1.807, 2.05) is 0 Å². The quantitative estimate of drug-likeness (QED) is 0.352. The molecule has 0 bridgehead atoms. The van der Waals surface area contributed by atoms with E-state index in [2.05, 4.69) is 5.32 Å². The van der Waals surface area contributed by atoms with E-state index in [1.54, 1.807) is 12.1 Å². The third-order valence-electron chi connectivity index (χ3n) is 1.79. The van der Waals surface area contributed by atoms with Crippen molar-refractivity contribution in [3.8, 4) is 17.9 Å². The molecule has 0 atom stereocenters. The van der Waals surface area contributed by atoms with Gasteiger partial charge in [0.15, 0.2) is 0 Å². The highest BCUT2D eigenvalue weighted by Gasteiger charge is 2.13. The van der Waals surface area contributed by atoms with Crippen molar-refractivity contribution in [3.05, 3.63) is 40.1 Å².